The molecule has 0 amide bonds. The molecule has 0 aliphatic heterocycles. The fraction of sp³-hybridized carbons (Fsp3) is 0.364. The zero-order valence-corrected chi connectivity index (χ0v) is 9.21. The topological polar surface area (TPSA) is 67.5 Å². The molecule has 84 valence electrons. The SMILES string of the molecule is CCC(C)c1nc2ncccn2c1C(=O)O. The van der Waals surface area contributed by atoms with Crippen LogP contribution in [0, 0.1) is 0 Å². The first-order valence-corrected chi connectivity index (χ1v) is 5.21. The van der Waals surface area contributed by atoms with Crippen molar-refractivity contribution in [1.29, 1.82) is 0 Å². The van der Waals surface area contributed by atoms with Crippen LogP contribution in [0.3, 0.4) is 0 Å². The van der Waals surface area contributed by atoms with Gasteiger partial charge in [-0.15, -0.1) is 0 Å². The van der Waals surface area contributed by atoms with Crippen LogP contribution in [0.5, 0.6) is 0 Å². The second kappa shape index (κ2) is 3.92. The fourth-order valence-corrected chi connectivity index (χ4v) is 1.65. The summed E-state index contributed by atoms with van der Waals surface area (Å²) >= 11 is 0. The van der Waals surface area contributed by atoms with Gasteiger partial charge in [-0.2, -0.15) is 0 Å². The van der Waals surface area contributed by atoms with Gasteiger partial charge >= 0.3 is 5.97 Å². The van der Waals surface area contributed by atoms with Crippen molar-refractivity contribution in [2.45, 2.75) is 26.2 Å². The molecule has 0 saturated carbocycles. The monoisotopic (exact) mass is 219 g/mol. The van der Waals surface area contributed by atoms with Crippen molar-refractivity contribution in [3.8, 4) is 0 Å². The molecule has 0 aliphatic rings. The van der Waals surface area contributed by atoms with E-state index in [2.05, 4.69) is 9.97 Å². The maximum atomic E-state index is 11.2. The Labute approximate surface area is 92.8 Å². The minimum absolute atomic E-state index is 0.118. The molecule has 1 atom stereocenters. The lowest BCUT2D eigenvalue weighted by molar-refractivity contribution is 0.0687. The largest absolute Gasteiger partial charge is 0.477 e. The predicted octanol–water partition coefficient (Wildman–Crippen LogP) is 1.94. The summed E-state index contributed by atoms with van der Waals surface area (Å²) in [7, 11) is 0. The Morgan fingerprint density at radius 3 is 3.00 bits per heavy atom. The molecular formula is C11H13N3O2. The van der Waals surface area contributed by atoms with E-state index in [0.29, 0.717) is 11.5 Å². The molecule has 5 nitrogen and oxygen atoms in total. The van der Waals surface area contributed by atoms with Crippen molar-refractivity contribution in [2.24, 2.45) is 0 Å². The smallest absolute Gasteiger partial charge is 0.354 e. The Morgan fingerprint density at radius 2 is 2.38 bits per heavy atom. The van der Waals surface area contributed by atoms with E-state index in [-0.39, 0.29) is 11.6 Å². The van der Waals surface area contributed by atoms with Crippen LogP contribution in [-0.4, -0.2) is 25.4 Å². The third-order valence-electron chi connectivity index (χ3n) is 2.71. The maximum absolute atomic E-state index is 11.2. The lowest BCUT2D eigenvalue weighted by atomic mass is 10.0. The Bertz CT molecular complexity index is 533. The number of carbonyl (C=O) groups is 1. The standard InChI is InChI=1S/C11H13N3O2/c1-3-7(2)8-9(10(15)16)14-6-4-5-12-11(14)13-8/h4-7H,3H2,1-2H3,(H,15,16). The second-order valence-electron chi connectivity index (χ2n) is 3.75. The van der Waals surface area contributed by atoms with Crippen LogP contribution in [0.4, 0.5) is 0 Å². The molecule has 16 heavy (non-hydrogen) atoms. The molecule has 0 radical (unpaired) electrons. The highest BCUT2D eigenvalue weighted by Gasteiger charge is 2.21. The summed E-state index contributed by atoms with van der Waals surface area (Å²) in [6, 6.07) is 1.70. The van der Waals surface area contributed by atoms with Crippen molar-refractivity contribution < 1.29 is 9.90 Å². The number of aromatic carboxylic acids is 1. The number of imidazole rings is 1. The van der Waals surface area contributed by atoms with Crippen LogP contribution >= 0.6 is 0 Å². The van der Waals surface area contributed by atoms with E-state index in [1.54, 1.807) is 18.5 Å². The number of fused-ring (bicyclic) bond motifs is 1. The Kier molecular flexibility index (Phi) is 2.60. The summed E-state index contributed by atoms with van der Waals surface area (Å²) in [5, 5.41) is 9.21. The molecule has 0 spiro atoms. The molecule has 0 fully saturated rings. The van der Waals surface area contributed by atoms with Crippen LogP contribution in [0.1, 0.15) is 42.4 Å². The molecule has 5 heteroatoms. The van der Waals surface area contributed by atoms with E-state index >= 15 is 0 Å². The van der Waals surface area contributed by atoms with Crippen molar-refractivity contribution in [1.82, 2.24) is 14.4 Å². The average molecular weight is 219 g/mol. The van der Waals surface area contributed by atoms with E-state index in [0.717, 1.165) is 6.42 Å². The fourth-order valence-electron chi connectivity index (χ4n) is 1.65. The van der Waals surface area contributed by atoms with E-state index in [9.17, 15) is 9.90 Å². The number of carboxylic acid groups (broad SMARTS) is 1. The first-order valence-electron chi connectivity index (χ1n) is 5.21. The van der Waals surface area contributed by atoms with Crippen LogP contribution in [0.25, 0.3) is 5.78 Å². The van der Waals surface area contributed by atoms with E-state index in [1.807, 2.05) is 13.8 Å². The number of carboxylic acids is 1. The van der Waals surface area contributed by atoms with Crippen molar-refractivity contribution in [3.05, 3.63) is 29.8 Å². The van der Waals surface area contributed by atoms with Crippen LogP contribution < -0.4 is 0 Å². The van der Waals surface area contributed by atoms with Gasteiger partial charge in [-0.1, -0.05) is 13.8 Å². The molecule has 2 rings (SSSR count). The van der Waals surface area contributed by atoms with Gasteiger partial charge in [0.25, 0.3) is 0 Å². The summed E-state index contributed by atoms with van der Waals surface area (Å²) in [4.78, 5) is 19.6. The van der Waals surface area contributed by atoms with Crippen molar-refractivity contribution in [3.63, 3.8) is 0 Å². The highest BCUT2D eigenvalue weighted by atomic mass is 16.4. The van der Waals surface area contributed by atoms with Gasteiger partial charge in [0.2, 0.25) is 5.78 Å². The van der Waals surface area contributed by atoms with Gasteiger partial charge in [0, 0.05) is 18.3 Å². The predicted molar refractivity (Wildman–Crippen MR) is 58.7 cm³/mol. The summed E-state index contributed by atoms with van der Waals surface area (Å²) in [5.74, 6) is -0.404. The molecule has 2 aromatic heterocycles. The highest BCUT2D eigenvalue weighted by molar-refractivity contribution is 5.88. The number of aromatic nitrogens is 3. The lowest BCUT2D eigenvalue weighted by Gasteiger charge is -2.05. The van der Waals surface area contributed by atoms with Gasteiger partial charge < -0.3 is 5.11 Å². The summed E-state index contributed by atoms with van der Waals surface area (Å²) in [5.41, 5.74) is 0.825. The summed E-state index contributed by atoms with van der Waals surface area (Å²) in [6.45, 7) is 3.97. The first-order chi connectivity index (χ1) is 7.65. The highest BCUT2D eigenvalue weighted by Crippen LogP contribution is 2.22. The van der Waals surface area contributed by atoms with Gasteiger partial charge in [0.05, 0.1) is 5.69 Å². The van der Waals surface area contributed by atoms with Gasteiger partial charge in [-0.3, -0.25) is 4.40 Å². The zero-order chi connectivity index (χ0) is 11.7. The van der Waals surface area contributed by atoms with Crippen LogP contribution in [0.15, 0.2) is 18.5 Å². The Morgan fingerprint density at radius 1 is 1.62 bits per heavy atom. The molecule has 1 N–H and O–H groups in total. The zero-order valence-electron chi connectivity index (χ0n) is 9.21. The summed E-state index contributed by atoms with van der Waals surface area (Å²) < 4.78 is 1.52. The minimum atomic E-state index is -0.962. The van der Waals surface area contributed by atoms with Gasteiger partial charge in [-0.05, 0) is 12.5 Å². The number of nitrogens with zero attached hydrogens (tertiary/aromatic N) is 3. The van der Waals surface area contributed by atoms with Gasteiger partial charge in [-0.25, -0.2) is 14.8 Å². The third kappa shape index (κ3) is 1.54. The maximum Gasteiger partial charge on any atom is 0.354 e. The molecule has 0 bridgehead atoms. The van der Waals surface area contributed by atoms with E-state index in [4.69, 9.17) is 0 Å². The normalized spacial score (nSPS) is 12.9. The van der Waals surface area contributed by atoms with Crippen LogP contribution in [0.2, 0.25) is 0 Å². The minimum Gasteiger partial charge on any atom is -0.477 e. The van der Waals surface area contributed by atoms with Gasteiger partial charge in [0.1, 0.15) is 0 Å². The lowest BCUT2D eigenvalue weighted by Crippen LogP contribution is -2.07. The molecule has 0 aliphatic carbocycles. The Balaban J connectivity index is 2.73. The number of rotatable bonds is 3. The molecule has 2 aromatic rings. The van der Waals surface area contributed by atoms with Crippen molar-refractivity contribution >= 4 is 11.7 Å². The molecule has 2 heterocycles. The molecule has 0 aromatic carbocycles. The molecular weight excluding hydrogens is 206 g/mol. The van der Waals surface area contributed by atoms with Gasteiger partial charge in [0.15, 0.2) is 5.69 Å². The number of hydrogen-bond donors (Lipinski definition) is 1. The summed E-state index contributed by atoms with van der Waals surface area (Å²) in [6.07, 6.45) is 4.13. The quantitative estimate of drug-likeness (QED) is 0.856. The molecule has 0 saturated heterocycles. The Hall–Kier alpha value is -1.91. The average Bonchev–Trinajstić information content (AvgIpc) is 2.67. The van der Waals surface area contributed by atoms with Crippen LogP contribution in [-0.2, 0) is 0 Å². The van der Waals surface area contributed by atoms with E-state index in [1.165, 1.54) is 4.40 Å². The van der Waals surface area contributed by atoms with Crippen molar-refractivity contribution in [2.75, 3.05) is 0 Å². The second-order valence-corrected chi connectivity index (χ2v) is 3.75. The van der Waals surface area contributed by atoms with E-state index < -0.39 is 5.97 Å². The number of hydrogen-bond acceptors (Lipinski definition) is 3. The third-order valence-corrected chi connectivity index (χ3v) is 2.71. The first kappa shape index (κ1) is 10.6. The molecule has 1 unspecified atom stereocenters.